The van der Waals surface area contributed by atoms with Crippen molar-refractivity contribution in [1.82, 2.24) is 15.1 Å². The van der Waals surface area contributed by atoms with Gasteiger partial charge < -0.3 is 15.1 Å². The summed E-state index contributed by atoms with van der Waals surface area (Å²) in [6, 6.07) is 3.11. The van der Waals surface area contributed by atoms with Crippen LogP contribution in [0.25, 0.3) is 0 Å². The molecule has 0 aromatic rings. The number of nitrogens with zero attached hydrogens (tertiary/aromatic N) is 2. The smallest absolute Gasteiger partial charge is 0.0119 e. The normalized spacial score (nSPS) is 37.8. The van der Waals surface area contributed by atoms with Crippen LogP contribution in [-0.4, -0.2) is 61.2 Å². The molecule has 1 N–H and O–H groups in total. The second-order valence-electron chi connectivity index (χ2n) is 10.9. The molecule has 3 fully saturated rings. The lowest BCUT2D eigenvalue weighted by Crippen LogP contribution is -2.56. The largest absolute Gasteiger partial charge is 0.311 e. The molecule has 0 bridgehead atoms. The molecule has 152 valence electrons. The van der Waals surface area contributed by atoms with Crippen molar-refractivity contribution in [2.24, 2.45) is 23.2 Å². The highest BCUT2D eigenvalue weighted by molar-refractivity contribution is 4.97. The molecule has 0 aromatic carbocycles. The monoisotopic (exact) mass is 363 g/mol. The third-order valence-electron chi connectivity index (χ3n) is 8.36. The molecule has 3 aliphatic rings. The van der Waals surface area contributed by atoms with Crippen molar-refractivity contribution in [3.63, 3.8) is 0 Å². The first-order chi connectivity index (χ1) is 12.2. The van der Waals surface area contributed by atoms with Gasteiger partial charge >= 0.3 is 0 Å². The van der Waals surface area contributed by atoms with Gasteiger partial charge in [-0.15, -0.1) is 0 Å². The van der Waals surface area contributed by atoms with Crippen LogP contribution in [-0.2, 0) is 0 Å². The maximum atomic E-state index is 4.04. The Hall–Kier alpha value is -0.120. The molecule has 3 heterocycles. The van der Waals surface area contributed by atoms with Gasteiger partial charge in [0.15, 0.2) is 0 Å². The lowest BCUT2D eigenvalue weighted by atomic mass is 9.70. The Morgan fingerprint density at radius 2 is 1.65 bits per heavy atom. The van der Waals surface area contributed by atoms with E-state index in [0.717, 1.165) is 41.9 Å². The number of likely N-dealkylation sites (tertiary alicyclic amines) is 2. The fourth-order valence-corrected chi connectivity index (χ4v) is 6.42. The minimum Gasteiger partial charge on any atom is -0.311 e. The van der Waals surface area contributed by atoms with Gasteiger partial charge in [-0.3, -0.25) is 0 Å². The van der Waals surface area contributed by atoms with Crippen molar-refractivity contribution in [2.45, 2.75) is 97.3 Å². The molecule has 0 radical (unpaired) electrons. The van der Waals surface area contributed by atoms with E-state index in [-0.39, 0.29) is 0 Å². The van der Waals surface area contributed by atoms with Crippen molar-refractivity contribution < 1.29 is 0 Å². The van der Waals surface area contributed by atoms with Crippen molar-refractivity contribution in [2.75, 3.05) is 27.2 Å². The molecular formula is C23H45N3. The Morgan fingerprint density at radius 1 is 0.962 bits per heavy atom. The van der Waals surface area contributed by atoms with Crippen LogP contribution in [0.3, 0.4) is 0 Å². The summed E-state index contributed by atoms with van der Waals surface area (Å²) in [6.45, 7) is 14.8. The molecule has 26 heavy (non-hydrogen) atoms. The molecule has 0 saturated carbocycles. The third-order valence-corrected chi connectivity index (χ3v) is 8.36. The van der Waals surface area contributed by atoms with Crippen LogP contribution in [0.1, 0.15) is 73.1 Å². The summed E-state index contributed by atoms with van der Waals surface area (Å²) in [7, 11) is 4.63. The Labute approximate surface area is 163 Å². The molecule has 3 rings (SSSR count). The van der Waals surface area contributed by atoms with Gasteiger partial charge in [0.05, 0.1) is 0 Å². The lowest BCUT2D eigenvalue weighted by molar-refractivity contribution is -0.0135. The zero-order valence-electron chi connectivity index (χ0n) is 18.6. The number of hydrogen-bond donors (Lipinski definition) is 1. The first-order valence-corrected chi connectivity index (χ1v) is 11.4. The van der Waals surface area contributed by atoms with Gasteiger partial charge in [0.2, 0.25) is 0 Å². The summed E-state index contributed by atoms with van der Waals surface area (Å²) in [5.41, 5.74) is 0.554. The molecule has 0 aromatic heterocycles. The molecule has 0 spiro atoms. The highest BCUT2D eigenvalue weighted by atomic mass is 15.2. The number of rotatable bonds is 7. The SMILES string of the molecule is CC(C)C1CCC(CC(C)C2CCC(CC(C)C3(C)CN(C)C3)N2)N1C. The molecule has 3 saturated heterocycles. The van der Waals surface area contributed by atoms with E-state index in [1.54, 1.807) is 0 Å². The average molecular weight is 364 g/mol. The van der Waals surface area contributed by atoms with E-state index in [1.165, 1.54) is 51.6 Å². The summed E-state index contributed by atoms with van der Waals surface area (Å²) in [5, 5.41) is 4.04. The van der Waals surface area contributed by atoms with E-state index in [0.29, 0.717) is 5.41 Å². The Kier molecular flexibility index (Phi) is 6.41. The highest BCUT2D eigenvalue weighted by Gasteiger charge is 2.42. The lowest BCUT2D eigenvalue weighted by Gasteiger charge is -2.50. The van der Waals surface area contributed by atoms with Gasteiger partial charge in [-0.25, -0.2) is 0 Å². The van der Waals surface area contributed by atoms with Gasteiger partial charge in [-0.05, 0) is 75.8 Å². The zero-order chi connectivity index (χ0) is 19.1. The quantitative estimate of drug-likeness (QED) is 0.730. The van der Waals surface area contributed by atoms with Crippen LogP contribution >= 0.6 is 0 Å². The molecule has 6 atom stereocenters. The topological polar surface area (TPSA) is 18.5 Å². The number of hydrogen-bond acceptors (Lipinski definition) is 3. The summed E-state index contributed by atoms with van der Waals surface area (Å²) in [5.74, 6) is 2.43. The number of nitrogens with one attached hydrogen (secondary N) is 1. The second-order valence-corrected chi connectivity index (χ2v) is 10.9. The molecule has 0 aliphatic carbocycles. The van der Waals surface area contributed by atoms with E-state index >= 15 is 0 Å². The van der Waals surface area contributed by atoms with Gasteiger partial charge in [-0.1, -0.05) is 34.6 Å². The van der Waals surface area contributed by atoms with Gasteiger partial charge in [-0.2, -0.15) is 0 Å². The van der Waals surface area contributed by atoms with Crippen molar-refractivity contribution in [3.8, 4) is 0 Å². The first kappa shape index (κ1) is 20.6. The molecule has 6 unspecified atom stereocenters. The van der Waals surface area contributed by atoms with Gasteiger partial charge in [0.1, 0.15) is 0 Å². The van der Waals surface area contributed by atoms with Crippen LogP contribution < -0.4 is 5.32 Å². The fraction of sp³-hybridized carbons (Fsp3) is 1.00. The van der Waals surface area contributed by atoms with E-state index in [9.17, 15) is 0 Å². The van der Waals surface area contributed by atoms with E-state index in [1.807, 2.05) is 0 Å². The van der Waals surface area contributed by atoms with E-state index in [4.69, 9.17) is 0 Å². The fourth-order valence-electron chi connectivity index (χ4n) is 6.42. The summed E-state index contributed by atoms with van der Waals surface area (Å²) >= 11 is 0. The van der Waals surface area contributed by atoms with E-state index < -0.39 is 0 Å². The predicted molar refractivity (Wildman–Crippen MR) is 113 cm³/mol. The predicted octanol–water partition coefficient (Wildman–Crippen LogP) is 4.23. The summed E-state index contributed by atoms with van der Waals surface area (Å²) < 4.78 is 0. The summed E-state index contributed by atoms with van der Waals surface area (Å²) in [4.78, 5) is 5.16. The Balaban J connectivity index is 1.43. The van der Waals surface area contributed by atoms with Crippen LogP contribution in [0.15, 0.2) is 0 Å². The van der Waals surface area contributed by atoms with Crippen LogP contribution in [0.4, 0.5) is 0 Å². The van der Waals surface area contributed by atoms with Gasteiger partial charge in [0.25, 0.3) is 0 Å². The third kappa shape index (κ3) is 4.31. The molecule has 3 nitrogen and oxygen atoms in total. The standard InChI is InChI=1S/C23H45N3/c1-16(2)22-11-9-20(26(22)7)12-17(3)21-10-8-19(24-21)13-18(4)23(5)14-25(6)15-23/h16-22,24H,8-15H2,1-7H3. The Morgan fingerprint density at radius 3 is 2.23 bits per heavy atom. The Bertz CT molecular complexity index is 456. The second kappa shape index (κ2) is 8.09. The molecule has 0 amide bonds. The van der Waals surface area contributed by atoms with Crippen molar-refractivity contribution in [3.05, 3.63) is 0 Å². The van der Waals surface area contributed by atoms with Crippen LogP contribution in [0.2, 0.25) is 0 Å². The highest BCUT2D eigenvalue weighted by Crippen LogP contribution is 2.40. The zero-order valence-corrected chi connectivity index (χ0v) is 18.6. The van der Waals surface area contributed by atoms with Crippen LogP contribution in [0.5, 0.6) is 0 Å². The minimum absolute atomic E-state index is 0.554. The molecule has 3 aliphatic heterocycles. The van der Waals surface area contributed by atoms with Gasteiger partial charge in [0, 0.05) is 37.3 Å². The van der Waals surface area contributed by atoms with Crippen molar-refractivity contribution >= 4 is 0 Å². The maximum Gasteiger partial charge on any atom is 0.0119 e. The van der Waals surface area contributed by atoms with Crippen LogP contribution in [0, 0.1) is 23.2 Å². The maximum absolute atomic E-state index is 4.04. The average Bonchev–Trinajstić information content (AvgIpc) is 3.13. The van der Waals surface area contributed by atoms with Crippen molar-refractivity contribution in [1.29, 1.82) is 0 Å². The first-order valence-electron chi connectivity index (χ1n) is 11.4. The minimum atomic E-state index is 0.554. The molecule has 3 heteroatoms. The molecular weight excluding hydrogens is 318 g/mol. The van der Waals surface area contributed by atoms with E-state index in [2.05, 4.69) is 63.8 Å². The summed E-state index contributed by atoms with van der Waals surface area (Å²) in [6.07, 6.45) is 8.33.